The molecule has 2 aromatic carbocycles. The minimum Gasteiger partial charge on any atom is -0.495 e. The van der Waals surface area contributed by atoms with Crippen LogP contribution in [0.2, 0.25) is 0 Å². The number of anilines is 4. The summed E-state index contributed by atoms with van der Waals surface area (Å²) in [6, 6.07) is 14.7. The summed E-state index contributed by atoms with van der Waals surface area (Å²) < 4.78 is 5.57. The Morgan fingerprint density at radius 1 is 1.22 bits per heavy atom. The molecule has 3 aromatic rings. The second-order valence-electron chi connectivity index (χ2n) is 8.56. The Kier molecular flexibility index (Phi) is 7.30. The first-order valence-corrected chi connectivity index (χ1v) is 11.5. The number of ether oxygens (including phenoxy) is 1. The van der Waals surface area contributed by atoms with E-state index in [2.05, 4.69) is 32.0 Å². The molecule has 0 unspecified atom stereocenters. The van der Waals surface area contributed by atoms with Crippen molar-refractivity contribution >= 4 is 34.8 Å². The molecule has 2 amide bonds. The predicted octanol–water partition coefficient (Wildman–Crippen LogP) is 3.30. The maximum atomic E-state index is 12.0. The summed E-state index contributed by atoms with van der Waals surface area (Å²) in [6.07, 6.45) is 1.63. The van der Waals surface area contributed by atoms with E-state index in [1.165, 1.54) is 0 Å². The molecule has 36 heavy (non-hydrogen) atoms. The van der Waals surface area contributed by atoms with Gasteiger partial charge < -0.3 is 25.6 Å². The number of nitrogens with one attached hydrogen (secondary N) is 3. The molecular weight excluding hydrogens is 458 g/mol. The zero-order chi connectivity index (χ0) is 25.7. The van der Waals surface area contributed by atoms with Gasteiger partial charge in [0, 0.05) is 42.5 Å². The molecule has 10 heteroatoms. The summed E-state index contributed by atoms with van der Waals surface area (Å²) in [5, 5.41) is 18.4. The average Bonchev–Trinajstić information content (AvgIpc) is 2.88. The highest BCUT2D eigenvalue weighted by Crippen LogP contribution is 2.32. The molecular formula is C26H27N7O3. The first-order valence-electron chi connectivity index (χ1n) is 11.5. The third-order valence-corrected chi connectivity index (χ3v) is 5.69. The van der Waals surface area contributed by atoms with E-state index in [1.807, 2.05) is 23.1 Å². The molecule has 2 heterocycles. The van der Waals surface area contributed by atoms with Crippen molar-refractivity contribution in [3.05, 3.63) is 54.2 Å². The van der Waals surface area contributed by atoms with Crippen LogP contribution in [0.1, 0.15) is 19.4 Å². The van der Waals surface area contributed by atoms with Crippen LogP contribution in [0.5, 0.6) is 5.75 Å². The maximum absolute atomic E-state index is 12.0. The van der Waals surface area contributed by atoms with Crippen molar-refractivity contribution in [3.63, 3.8) is 0 Å². The van der Waals surface area contributed by atoms with E-state index in [0.717, 1.165) is 16.9 Å². The number of nitriles is 1. The summed E-state index contributed by atoms with van der Waals surface area (Å²) in [6.45, 7) is 5.14. The van der Waals surface area contributed by atoms with Gasteiger partial charge in [-0.05, 0) is 30.3 Å². The van der Waals surface area contributed by atoms with E-state index in [4.69, 9.17) is 4.74 Å². The van der Waals surface area contributed by atoms with Crippen LogP contribution in [0.3, 0.4) is 0 Å². The lowest BCUT2D eigenvalue weighted by atomic mass is 10.1. The van der Waals surface area contributed by atoms with Crippen LogP contribution in [-0.4, -0.2) is 48.5 Å². The Hall–Kier alpha value is -4.65. The monoisotopic (exact) mass is 485 g/mol. The number of rotatable bonds is 7. The van der Waals surface area contributed by atoms with E-state index in [0.29, 0.717) is 41.7 Å². The Morgan fingerprint density at radius 3 is 2.78 bits per heavy atom. The van der Waals surface area contributed by atoms with Crippen LogP contribution in [-0.2, 0) is 9.59 Å². The van der Waals surface area contributed by atoms with Gasteiger partial charge in [-0.3, -0.25) is 9.59 Å². The molecule has 0 saturated carbocycles. The number of hydrogen-bond donors (Lipinski definition) is 3. The number of methoxy groups -OCH3 is 1. The van der Waals surface area contributed by atoms with Crippen LogP contribution < -0.4 is 25.6 Å². The molecule has 184 valence electrons. The SMILES string of the molecule is COc1cc(Nc2nccc(-c3ccc(NC(=O)C(C)C)c(C#N)c3)n2)ccc1N1CCNC(=O)C1. The van der Waals surface area contributed by atoms with Crippen molar-refractivity contribution in [1.29, 1.82) is 5.26 Å². The van der Waals surface area contributed by atoms with Gasteiger partial charge in [-0.25, -0.2) is 9.97 Å². The van der Waals surface area contributed by atoms with Gasteiger partial charge in [0.25, 0.3) is 0 Å². The quantitative estimate of drug-likeness (QED) is 0.464. The Morgan fingerprint density at radius 2 is 2.06 bits per heavy atom. The molecule has 1 aromatic heterocycles. The minimum atomic E-state index is -0.196. The molecule has 0 atom stereocenters. The number of nitrogens with zero attached hydrogens (tertiary/aromatic N) is 4. The zero-order valence-corrected chi connectivity index (χ0v) is 20.3. The van der Waals surface area contributed by atoms with Gasteiger partial charge in [-0.2, -0.15) is 5.26 Å². The summed E-state index contributed by atoms with van der Waals surface area (Å²) in [4.78, 5) is 34.7. The second kappa shape index (κ2) is 10.7. The summed E-state index contributed by atoms with van der Waals surface area (Å²) in [5.74, 6) is 0.626. The van der Waals surface area contributed by atoms with Crippen LogP contribution in [0.4, 0.5) is 23.0 Å². The van der Waals surface area contributed by atoms with Crippen molar-refractivity contribution in [2.45, 2.75) is 13.8 Å². The van der Waals surface area contributed by atoms with Crippen molar-refractivity contribution in [2.75, 3.05) is 42.3 Å². The van der Waals surface area contributed by atoms with E-state index in [9.17, 15) is 14.9 Å². The molecule has 1 aliphatic rings. The zero-order valence-electron chi connectivity index (χ0n) is 20.3. The highest BCUT2D eigenvalue weighted by Gasteiger charge is 2.20. The maximum Gasteiger partial charge on any atom is 0.239 e. The first kappa shape index (κ1) is 24.5. The molecule has 3 N–H and O–H groups in total. The van der Waals surface area contributed by atoms with Crippen molar-refractivity contribution in [2.24, 2.45) is 5.92 Å². The van der Waals surface area contributed by atoms with E-state index in [1.54, 1.807) is 51.4 Å². The third-order valence-electron chi connectivity index (χ3n) is 5.69. The van der Waals surface area contributed by atoms with E-state index in [-0.39, 0.29) is 24.3 Å². The molecule has 1 aliphatic heterocycles. The number of amides is 2. The van der Waals surface area contributed by atoms with Crippen molar-refractivity contribution in [1.82, 2.24) is 15.3 Å². The molecule has 0 radical (unpaired) electrons. The topological polar surface area (TPSA) is 132 Å². The number of carbonyl (C=O) groups is 2. The molecule has 0 aliphatic carbocycles. The highest BCUT2D eigenvalue weighted by molar-refractivity contribution is 5.93. The van der Waals surface area contributed by atoms with Gasteiger partial charge in [0.2, 0.25) is 17.8 Å². The molecule has 4 rings (SSSR count). The Bertz CT molecular complexity index is 1330. The standard InChI is InChI=1S/C26H27N7O3/c1-16(2)25(35)31-20-6-4-17(12-18(20)14-27)21-8-9-29-26(32-21)30-19-5-7-22(23(13-19)36-3)33-11-10-28-24(34)15-33/h4-9,12-13,16H,10-11,15H2,1-3H3,(H,28,34)(H,31,35)(H,29,30,32). The molecule has 0 spiro atoms. The van der Waals surface area contributed by atoms with Gasteiger partial charge in [-0.15, -0.1) is 0 Å². The van der Waals surface area contributed by atoms with Crippen molar-refractivity contribution in [3.8, 4) is 23.1 Å². The largest absolute Gasteiger partial charge is 0.495 e. The van der Waals surface area contributed by atoms with Gasteiger partial charge in [0.1, 0.15) is 11.8 Å². The average molecular weight is 486 g/mol. The van der Waals surface area contributed by atoms with Crippen molar-refractivity contribution < 1.29 is 14.3 Å². The van der Waals surface area contributed by atoms with Crippen LogP contribution >= 0.6 is 0 Å². The molecule has 0 bridgehead atoms. The second-order valence-corrected chi connectivity index (χ2v) is 8.56. The van der Waals surface area contributed by atoms with E-state index < -0.39 is 0 Å². The fourth-order valence-electron chi connectivity index (χ4n) is 3.75. The highest BCUT2D eigenvalue weighted by atomic mass is 16.5. The van der Waals surface area contributed by atoms with Gasteiger partial charge in [0.05, 0.1) is 36.3 Å². The first-order chi connectivity index (χ1) is 17.4. The fraction of sp³-hybridized carbons (Fsp3) is 0.269. The van der Waals surface area contributed by atoms with E-state index >= 15 is 0 Å². The van der Waals surface area contributed by atoms with Gasteiger partial charge in [-0.1, -0.05) is 19.9 Å². The lowest BCUT2D eigenvalue weighted by Crippen LogP contribution is -2.47. The van der Waals surface area contributed by atoms with Gasteiger partial charge in [0.15, 0.2) is 0 Å². The van der Waals surface area contributed by atoms with Crippen LogP contribution in [0.15, 0.2) is 48.7 Å². The molecule has 10 nitrogen and oxygen atoms in total. The number of benzene rings is 2. The number of aromatic nitrogens is 2. The third kappa shape index (κ3) is 5.52. The summed E-state index contributed by atoms with van der Waals surface area (Å²) in [7, 11) is 1.59. The van der Waals surface area contributed by atoms with Gasteiger partial charge >= 0.3 is 0 Å². The smallest absolute Gasteiger partial charge is 0.239 e. The number of carbonyl (C=O) groups excluding carboxylic acids is 2. The number of hydrogen-bond acceptors (Lipinski definition) is 8. The summed E-state index contributed by atoms with van der Waals surface area (Å²) >= 11 is 0. The molecule has 1 saturated heterocycles. The van der Waals surface area contributed by atoms with Crippen LogP contribution in [0, 0.1) is 17.2 Å². The summed E-state index contributed by atoms with van der Waals surface area (Å²) in [5.41, 5.74) is 3.71. The Labute approximate surface area is 209 Å². The molecule has 1 fully saturated rings. The predicted molar refractivity (Wildman–Crippen MR) is 137 cm³/mol. The normalized spacial score (nSPS) is 13.1. The Balaban J connectivity index is 1.55. The number of piperazine rings is 1. The van der Waals surface area contributed by atoms with Crippen LogP contribution in [0.25, 0.3) is 11.3 Å². The minimum absolute atomic E-state index is 0.0226. The lowest BCUT2D eigenvalue weighted by Gasteiger charge is -2.30. The fourth-order valence-corrected chi connectivity index (χ4v) is 3.75. The lowest BCUT2D eigenvalue weighted by molar-refractivity contribution is -0.120.